The van der Waals surface area contributed by atoms with E-state index in [4.69, 9.17) is 5.11 Å². The zero-order chi connectivity index (χ0) is 20.8. The SMILES string of the molecule is CCCCCCCCC[N+](C)(C)CCCO.Cc1ccc(S(=O)(=O)[O-])cc1. The van der Waals surface area contributed by atoms with E-state index in [0.717, 1.165) is 23.0 Å². The van der Waals surface area contributed by atoms with Gasteiger partial charge in [-0.2, -0.15) is 0 Å². The molecule has 1 rings (SSSR count). The number of nitrogens with zero attached hydrogens (tertiary/aromatic N) is 1. The molecule has 27 heavy (non-hydrogen) atoms. The van der Waals surface area contributed by atoms with Gasteiger partial charge in [0, 0.05) is 13.0 Å². The van der Waals surface area contributed by atoms with Crippen LogP contribution < -0.4 is 0 Å². The van der Waals surface area contributed by atoms with E-state index in [-0.39, 0.29) is 4.90 Å². The van der Waals surface area contributed by atoms with E-state index in [1.807, 2.05) is 6.92 Å². The molecule has 6 heteroatoms. The maximum atomic E-state index is 10.4. The molecule has 158 valence electrons. The second kappa shape index (κ2) is 14.1. The third-order valence-electron chi connectivity index (χ3n) is 4.60. The molecule has 0 aliphatic carbocycles. The average molecular weight is 402 g/mol. The average Bonchev–Trinajstić information content (AvgIpc) is 2.59. The smallest absolute Gasteiger partial charge is 0.124 e. The second-order valence-corrected chi connectivity index (χ2v) is 9.23. The summed E-state index contributed by atoms with van der Waals surface area (Å²) in [5.41, 5.74) is 0.928. The number of rotatable bonds is 12. The zero-order valence-electron chi connectivity index (χ0n) is 17.6. The Hall–Kier alpha value is -0.950. The summed E-state index contributed by atoms with van der Waals surface area (Å²) in [5, 5.41) is 8.81. The van der Waals surface area contributed by atoms with E-state index in [0.29, 0.717) is 6.61 Å². The summed E-state index contributed by atoms with van der Waals surface area (Å²) < 4.78 is 32.2. The molecule has 1 aromatic carbocycles. The summed E-state index contributed by atoms with van der Waals surface area (Å²) in [6.07, 6.45) is 10.6. The van der Waals surface area contributed by atoms with Crippen molar-refractivity contribution < 1.29 is 22.6 Å². The van der Waals surface area contributed by atoms with Crippen LogP contribution in [-0.2, 0) is 10.1 Å². The maximum Gasteiger partial charge on any atom is 0.124 e. The Labute approximate surface area is 166 Å². The lowest BCUT2D eigenvalue weighted by Gasteiger charge is -2.29. The Morgan fingerprint density at radius 1 is 0.889 bits per heavy atom. The van der Waals surface area contributed by atoms with Crippen LogP contribution in [0.4, 0.5) is 0 Å². The number of unbranched alkanes of at least 4 members (excludes halogenated alkanes) is 6. The van der Waals surface area contributed by atoms with Gasteiger partial charge < -0.3 is 14.1 Å². The van der Waals surface area contributed by atoms with Crippen LogP contribution in [0.3, 0.4) is 0 Å². The van der Waals surface area contributed by atoms with Crippen molar-refractivity contribution in [2.75, 3.05) is 33.8 Å². The van der Waals surface area contributed by atoms with Crippen molar-refractivity contribution in [2.45, 2.75) is 70.1 Å². The zero-order valence-corrected chi connectivity index (χ0v) is 18.4. The quantitative estimate of drug-likeness (QED) is 0.325. The first-order valence-electron chi connectivity index (χ1n) is 10.1. The van der Waals surface area contributed by atoms with Gasteiger partial charge in [-0.1, -0.05) is 56.7 Å². The molecule has 0 spiro atoms. The van der Waals surface area contributed by atoms with Crippen LogP contribution in [0.15, 0.2) is 29.2 Å². The summed E-state index contributed by atoms with van der Waals surface area (Å²) in [6.45, 7) is 6.78. The van der Waals surface area contributed by atoms with E-state index in [1.54, 1.807) is 12.1 Å². The van der Waals surface area contributed by atoms with Gasteiger partial charge in [-0.05, 0) is 31.9 Å². The van der Waals surface area contributed by atoms with Crippen LogP contribution in [0.5, 0.6) is 0 Å². The van der Waals surface area contributed by atoms with Crippen LogP contribution in [0.25, 0.3) is 0 Å². The molecule has 0 radical (unpaired) electrons. The van der Waals surface area contributed by atoms with Gasteiger partial charge >= 0.3 is 0 Å². The van der Waals surface area contributed by atoms with E-state index in [1.165, 1.54) is 63.6 Å². The Morgan fingerprint density at radius 2 is 1.37 bits per heavy atom. The van der Waals surface area contributed by atoms with Crippen LogP contribution in [-0.4, -0.2) is 56.4 Å². The third-order valence-corrected chi connectivity index (χ3v) is 5.45. The predicted molar refractivity (Wildman–Crippen MR) is 111 cm³/mol. The fourth-order valence-corrected chi connectivity index (χ4v) is 3.28. The maximum absolute atomic E-state index is 10.4. The third kappa shape index (κ3) is 14.7. The number of hydrogen-bond acceptors (Lipinski definition) is 4. The van der Waals surface area contributed by atoms with Gasteiger partial charge in [0.05, 0.1) is 32.1 Å². The molecule has 1 N–H and O–H groups in total. The van der Waals surface area contributed by atoms with Crippen molar-refractivity contribution >= 4 is 10.1 Å². The summed E-state index contributed by atoms with van der Waals surface area (Å²) in [5.74, 6) is 0. The van der Waals surface area contributed by atoms with Crippen LogP contribution in [0, 0.1) is 6.92 Å². The Balaban J connectivity index is 0.000000533. The van der Waals surface area contributed by atoms with E-state index in [2.05, 4.69) is 21.0 Å². The van der Waals surface area contributed by atoms with Crippen molar-refractivity contribution in [3.05, 3.63) is 29.8 Å². The highest BCUT2D eigenvalue weighted by Crippen LogP contribution is 2.10. The molecule has 0 aliphatic heterocycles. The van der Waals surface area contributed by atoms with Crippen molar-refractivity contribution in [3.8, 4) is 0 Å². The first-order chi connectivity index (χ1) is 12.6. The molecule has 0 saturated heterocycles. The topological polar surface area (TPSA) is 77.4 Å². The number of aryl methyl sites for hydroxylation is 1. The molecule has 0 fully saturated rings. The molecule has 0 unspecified atom stereocenters. The molecule has 0 atom stereocenters. The molecule has 0 heterocycles. The molecular formula is C21H39NO4S. The number of aliphatic hydroxyl groups is 1. The van der Waals surface area contributed by atoms with E-state index >= 15 is 0 Å². The van der Waals surface area contributed by atoms with Crippen molar-refractivity contribution in [3.63, 3.8) is 0 Å². The molecule has 5 nitrogen and oxygen atoms in total. The Bertz CT molecular complexity index is 583. The highest BCUT2D eigenvalue weighted by atomic mass is 32.2. The normalized spacial score (nSPS) is 11.8. The fraction of sp³-hybridized carbons (Fsp3) is 0.714. The highest BCUT2D eigenvalue weighted by molar-refractivity contribution is 7.85. The minimum absolute atomic E-state index is 0.178. The summed E-state index contributed by atoms with van der Waals surface area (Å²) >= 11 is 0. The van der Waals surface area contributed by atoms with Crippen LogP contribution in [0.1, 0.15) is 63.9 Å². The van der Waals surface area contributed by atoms with Gasteiger partial charge in [0.25, 0.3) is 0 Å². The molecule has 0 aromatic heterocycles. The van der Waals surface area contributed by atoms with Crippen molar-refractivity contribution in [1.29, 1.82) is 0 Å². The van der Waals surface area contributed by atoms with E-state index in [9.17, 15) is 13.0 Å². The first kappa shape index (κ1) is 26.1. The van der Waals surface area contributed by atoms with Crippen molar-refractivity contribution in [1.82, 2.24) is 0 Å². The van der Waals surface area contributed by atoms with Gasteiger partial charge in [-0.3, -0.25) is 0 Å². The largest absolute Gasteiger partial charge is 0.744 e. The predicted octanol–water partition coefficient (Wildman–Crippen LogP) is 4.09. The van der Waals surface area contributed by atoms with Gasteiger partial charge in [-0.15, -0.1) is 0 Å². The minimum Gasteiger partial charge on any atom is -0.744 e. The highest BCUT2D eigenvalue weighted by Gasteiger charge is 2.12. The monoisotopic (exact) mass is 401 g/mol. The van der Waals surface area contributed by atoms with Crippen LogP contribution >= 0.6 is 0 Å². The van der Waals surface area contributed by atoms with Gasteiger partial charge in [0.1, 0.15) is 10.1 Å². The second-order valence-electron chi connectivity index (χ2n) is 7.85. The summed E-state index contributed by atoms with van der Waals surface area (Å²) in [7, 11) is 0.272. The number of benzene rings is 1. The lowest BCUT2D eigenvalue weighted by molar-refractivity contribution is -0.890. The molecule has 0 amide bonds. The summed E-state index contributed by atoms with van der Waals surface area (Å²) in [6, 6.07) is 5.78. The van der Waals surface area contributed by atoms with Gasteiger partial charge in [0.2, 0.25) is 0 Å². The first-order valence-corrected chi connectivity index (χ1v) is 11.5. The van der Waals surface area contributed by atoms with E-state index < -0.39 is 10.1 Å². The standard InChI is InChI=1S/C14H32NO.C7H8O3S/c1-4-5-6-7-8-9-10-12-15(2,3)13-11-14-16;1-6-2-4-7(5-3-6)11(8,9)10/h16H,4-14H2,1-3H3;2-5H,1H3,(H,8,9,10)/q+1;/p-1. The minimum atomic E-state index is -4.27. The van der Waals surface area contributed by atoms with Gasteiger partial charge in [0.15, 0.2) is 0 Å². The number of aliphatic hydroxyl groups excluding tert-OH is 1. The molecule has 0 aliphatic rings. The van der Waals surface area contributed by atoms with Crippen molar-refractivity contribution in [2.24, 2.45) is 0 Å². The molecular weight excluding hydrogens is 362 g/mol. The van der Waals surface area contributed by atoms with Crippen LogP contribution in [0.2, 0.25) is 0 Å². The van der Waals surface area contributed by atoms with Gasteiger partial charge in [-0.25, -0.2) is 8.42 Å². The fourth-order valence-electron chi connectivity index (χ4n) is 2.81. The molecule has 0 bridgehead atoms. The molecule has 0 saturated carbocycles. The lowest BCUT2D eigenvalue weighted by atomic mass is 10.1. The summed E-state index contributed by atoms with van der Waals surface area (Å²) in [4.78, 5) is -0.178. The number of hydrogen-bond donors (Lipinski definition) is 1. The Kier molecular flexibility index (Phi) is 13.6. The number of quaternary nitrogens is 1. The lowest BCUT2D eigenvalue weighted by Crippen LogP contribution is -2.41. The molecule has 1 aromatic rings. The Morgan fingerprint density at radius 3 is 1.85 bits per heavy atom.